The average molecular weight is 637 g/mol. The third-order valence-electron chi connectivity index (χ3n) is 6.05. The van der Waals surface area contributed by atoms with Crippen LogP contribution in [0.1, 0.15) is 78.2 Å². The number of ether oxygens (including phenoxy) is 1. The molecule has 0 aliphatic heterocycles. The Morgan fingerprint density at radius 2 is 1.60 bits per heavy atom. The van der Waals surface area contributed by atoms with E-state index in [1.165, 1.54) is 0 Å². The fourth-order valence-electron chi connectivity index (χ4n) is 3.68. The van der Waals surface area contributed by atoms with Crippen molar-refractivity contribution in [3.8, 4) is 0 Å². The van der Waals surface area contributed by atoms with E-state index in [0.29, 0.717) is 62.9 Å². The number of hydrogen-bond acceptors (Lipinski definition) is 8. The Kier molecular flexibility index (Phi) is 21.3. The molecule has 15 heteroatoms. The zero-order chi connectivity index (χ0) is 34.2. The number of nitrogens with one attached hydrogen (secondary N) is 4. The van der Waals surface area contributed by atoms with Crippen LogP contribution in [0.2, 0.25) is 0 Å². The second-order valence-corrected chi connectivity index (χ2v) is 10.4. The number of primary amides is 1. The zero-order valence-electron chi connectivity index (χ0n) is 26.6. The summed E-state index contributed by atoms with van der Waals surface area (Å²) >= 11 is 0. The van der Waals surface area contributed by atoms with E-state index in [1.807, 2.05) is 13.8 Å². The largest absolute Gasteiger partial charge is 0.506 e. The molecule has 1 atom stereocenters. The third-order valence-corrected chi connectivity index (χ3v) is 6.05. The van der Waals surface area contributed by atoms with Crippen LogP contribution in [-0.4, -0.2) is 77.9 Å². The Balaban J connectivity index is 0.00000246. The summed E-state index contributed by atoms with van der Waals surface area (Å²) in [4.78, 5) is 81.5. The molecule has 0 bridgehead atoms. The molecule has 0 saturated heterocycles. The van der Waals surface area contributed by atoms with Gasteiger partial charge < -0.3 is 36.8 Å². The van der Waals surface area contributed by atoms with Crippen LogP contribution in [0.5, 0.6) is 0 Å². The fraction of sp³-hybridized carbons (Fsp3) is 0.567. The molecule has 0 aliphatic rings. The van der Waals surface area contributed by atoms with Crippen molar-refractivity contribution in [3.63, 3.8) is 0 Å². The maximum atomic E-state index is 12.6. The minimum atomic E-state index is -1.38. The number of anilines is 1. The van der Waals surface area contributed by atoms with Crippen molar-refractivity contribution in [1.82, 2.24) is 20.9 Å². The van der Waals surface area contributed by atoms with Gasteiger partial charge in [-0.25, -0.2) is 9.59 Å². The van der Waals surface area contributed by atoms with Crippen molar-refractivity contribution in [3.05, 3.63) is 29.8 Å². The molecule has 252 valence electrons. The predicted molar refractivity (Wildman–Crippen MR) is 167 cm³/mol. The number of imide groups is 1. The maximum absolute atomic E-state index is 12.6. The van der Waals surface area contributed by atoms with Crippen molar-refractivity contribution in [2.24, 2.45) is 11.7 Å². The van der Waals surface area contributed by atoms with Gasteiger partial charge in [-0.1, -0.05) is 46.2 Å². The molecule has 0 spiro atoms. The quantitative estimate of drug-likeness (QED) is 0.0744. The molecular weight excluding hydrogens is 588 g/mol. The van der Waals surface area contributed by atoms with E-state index in [9.17, 15) is 33.6 Å². The van der Waals surface area contributed by atoms with Gasteiger partial charge in [0, 0.05) is 31.6 Å². The highest BCUT2D eigenvalue weighted by atomic mass is 16.7. The molecule has 0 radical (unpaired) electrons. The van der Waals surface area contributed by atoms with E-state index in [2.05, 4.69) is 26.0 Å². The number of nitrogens with zero attached hydrogens (tertiary/aromatic N) is 1. The number of urea groups is 1. The van der Waals surface area contributed by atoms with Crippen LogP contribution in [0.3, 0.4) is 0 Å². The number of hydrogen-bond donors (Lipinski definition) is 6. The van der Waals surface area contributed by atoms with Crippen LogP contribution < -0.4 is 27.0 Å². The molecule has 0 aliphatic carbocycles. The standard InChI is InChI=1S/C26H38N4O8.C4H10N2O/c1-4-8-23(34)30(17-31)14-7-5-6-9-21(32)29-24(18(2)3)25(35)27-15-22(33)28-20-12-10-19(11-13-20)16-38-26(36)37;1-2-3-6-4(5)7/h10-13,17-18,24H,4-9,14-16H2,1-3H3,(H,27,35)(H,28,33)(H,29,32)(H,36,37);2-3H2,1H3,(H3,5,6,7). The van der Waals surface area contributed by atoms with Gasteiger partial charge in [-0.3, -0.25) is 28.9 Å². The molecule has 1 aromatic carbocycles. The number of rotatable bonds is 19. The normalized spacial score (nSPS) is 10.8. The Bertz CT molecular complexity index is 1100. The van der Waals surface area contributed by atoms with Crippen molar-refractivity contribution in [2.75, 3.05) is 25.0 Å². The summed E-state index contributed by atoms with van der Waals surface area (Å²) in [7, 11) is 0. The van der Waals surface area contributed by atoms with Gasteiger partial charge in [0.1, 0.15) is 12.6 Å². The van der Waals surface area contributed by atoms with Crippen molar-refractivity contribution in [1.29, 1.82) is 0 Å². The topological polar surface area (TPSA) is 226 Å². The first kappa shape index (κ1) is 40.3. The van der Waals surface area contributed by atoms with E-state index in [-0.39, 0.29) is 37.3 Å². The first-order valence-electron chi connectivity index (χ1n) is 14.9. The fourth-order valence-corrected chi connectivity index (χ4v) is 3.68. The van der Waals surface area contributed by atoms with E-state index in [4.69, 9.17) is 10.8 Å². The van der Waals surface area contributed by atoms with Gasteiger partial charge in [0.15, 0.2) is 0 Å². The monoisotopic (exact) mass is 636 g/mol. The summed E-state index contributed by atoms with van der Waals surface area (Å²) in [6, 6.07) is 5.11. The molecular formula is C30H48N6O9. The highest BCUT2D eigenvalue weighted by molar-refractivity contribution is 5.96. The molecule has 0 heterocycles. The van der Waals surface area contributed by atoms with Gasteiger partial charge in [-0.2, -0.15) is 0 Å². The molecule has 0 aromatic heterocycles. The van der Waals surface area contributed by atoms with Crippen molar-refractivity contribution < 1.29 is 43.4 Å². The Hall–Kier alpha value is -4.69. The van der Waals surface area contributed by atoms with Crippen LogP contribution in [0.25, 0.3) is 0 Å². The van der Waals surface area contributed by atoms with E-state index in [1.54, 1.807) is 38.1 Å². The summed E-state index contributed by atoms with van der Waals surface area (Å²) in [5.41, 5.74) is 5.80. The van der Waals surface area contributed by atoms with Gasteiger partial charge in [0.25, 0.3) is 0 Å². The van der Waals surface area contributed by atoms with Gasteiger partial charge >= 0.3 is 12.2 Å². The van der Waals surface area contributed by atoms with Crippen LogP contribution in [-0.2, 0) is 35.3 Å². The lowest BCUT2D eigenvalue weighted by atomic mass is 10.0. The molecule has 1 unspecified atom stereocenters. The van der Waals surface area contributed by atoms with Crippen LogP contribution in [0.15, 0.2) is 24.3 Å². The molecule has 45 heavy (non-hydrogen) atoms. The van der Waals surface area contributed by atoms with Gasteiger partial charge in [0.05, 0.1) is 6.54 Å². The predicted octanol–water partition coefficient (Wildman–Crippen LogP) is 2.49. The van der Waals surface area contributed by atoms with E-state index < -0.39 is 30.0 Å². The van der Waals surface area contributed by atoms with Gasteiger partial charge in [-0.05, 0) is 49.3 Å². The van der Waals surface area contributed by atoms with Crippen LogP contribution >= 0.6 is 0 Å². The second kappa shape index (κ2) is 23.7. The molecule has 0 fully saturated rings. The first-order valence-corrected chi connectivity index (χ1v) is 14.9. The summed E-state index contributed by atoms with van der Waals surface area (Å²) < 4.78 is 4.47. The Morgan fingerprint density at radius 3 is 2.11 bits per heavy atom. The van der Waals surface area contributed by atoms with Gasteiger partial charge in [0.2, 0.25) is 30.0 Å². The number of nitrogens with two attached hydrogens (primary N) is 1. The minimum absolute atomic E-state index is 0.110. The maximum Gasteiger partial charge on any atom is 0.506 e. The summed E-state index contributed by atoms with van der Waals surface area (Å²) in [6.45, 7) is 7.97. The third kappa shape index (κ3) is 20.0. The van der Waals surface area contributed by atoms with E-state index in [0.717, 1.165) is 11.3 Å². The number of benzene rings is 1. The molecule has 7 amide bonds. The highest BCUT2D eigenvalue weighted by Crippen LogP contribution is 2.11. The minimum Gasteiger partial charge on any atom is -0.450 e. The zero-order valence-corrected chi connectivity index (χ0v) is 26.6. The number of carboxylic acid groups (broad SMARTS) is 1. The second-order valence-electron chi connectivity index (χ2n) is 10.4. The number of carbonyl (C=O) groups excluding carboxylic acids is 6. The lowest BCUT2D eigenvalue weighted by Gasteiger charge is -2.21. The number of carbonyl (C=O) groups is 7. The Labute approximate surface area is 264 Å². The number of unbranched alkanes of at least 4 members (excludes halogenated alkanes) is 2. The first-order chi connectivity index (χ1) is 21.3. The molecule has 0 saturated carbocycles. The Morgan fingerprint density at radius 1 is 0.933 bits per heavy atom. The molecule has 15 nitrogen and oxygen atoms in total. The van der Waals surface area contributed by atoms with Crippen LogP contribution in [0, 0.1) is 5.92 Å². The lowest BCUT2D eigenvalue weighted by Crippen LogP contribution is -2.51. The van der Waals surface area contributed by atoms with Gasteiger partial charge in [-0.15, -0.1) is 0 Å². The van der Waals surface area contributed by atoms with Crippen molar-refractivity contribution >= 4 is 47.9 Å². The smallest absolute Gasteiger partial charge is 0.450 e. The SMILES string of the molecule is CCCC(=O)N(C=O)CCCCCC(=O)NC(C(=O)NCC(=O)Nc1ccc(COC(=O)O)cc1)C(C)C.CCCNC(N)=O. The van der Waals surface area contributed by atoms with Crippen LogP contribution in [0.4, 0.5) is 15.3 Å². The van der Waals surface area contributed by atoms with E-state index >= 15 is 0 Å². The average Bonchev–Trinajstić information content (AvgIpc) is 2.99. The summed E-state index contributed by atoms with van der Waals surface area (Å²) in [5, 5.41) is 18.8. The molecule has 1 rings (SSSR count). The summed E-state index contributed by atoms with van der Waals surface area (Å²) in [5.74, 6) is -1.68. The highest BCUT2D eigenvalue weighted by Gasteiger charge is 2.24. The van der Waals surface area contributed by atoms with Crippen molar-refractivity contribution in [2.45, 2.75) is 85.3 Å². The molecule has 7 N–H and O–H groups in total. The molecule has 1 aromatic rings. The lowest BCUT2D eigenvalue weighted by molar-refractivity contribution is -0.138. The number of amides is 7. The summed E-state index contributed by atoms with van der Waals surface area (Å²) in [6.07, 6.45) is 3.03.